The van der Waals surface area contributed by atoms with Gasteiger partial charge in [0.15, 0.2) is 0 Å². The van der Waals surface area contributed by atoms with E-state index in [2.05, 4.69) is 23.3 Å². The molecule has 0 aromatic carbocycles. The molecule has 0 bridgehead atoms. The van der Waals surface area contributed by atoms with Crippen LogP contribution in [0.3, 0.4) is 0 Å². The average Bonchev–Trinajstić information content (AvgIpc) is 2.82. The average molecular weight is 219 g/mol. The molecule has 16 heavy (non-hydrogen) atoms. The topological polar surface area (TPSA) is 52.2 Å². The summed E-state index contributed by atoms with van der Waals surface area (Å²) in [7, 11) is 2.09. The number of hydrogen-bond donors (Lipinski definition) is 1. The number of nitriles is 1. The summed E-state index contributed by atoms with van der Waals surface area (Å²) in [6.45, 7) is 2.57. The predicted molar refractivity (Wildman–Crippen MR) is 60.6 cm³/mol. The van der Waals surface area contributed by atoms with Crippen LogP contribution in [0.5, 0.6) is 0 Å². The quantitative estimate of drug-likeness (QED) is 0.834. The highest BCUT2D eigenvalue weighted by atomic mass is 16.3. The maximum atomic E-state index is 9.29. The second-order valence-corrected chi connectivity index (χ2v) is 4.43. The molecule has 0 aliphatic carbocycles. The van der Waals surface area contributed by atoms with Crippen LogP contribution >= 0.6 is 0 Å². The Labute approximate surface area is 95.8 Å². The van der Waals surface area contributed by atoms with Crippen LogP contribution in [0.2, 0.25) is 0 Å². The van der Waals surface area contributed by atoms with E-state index in [-0.39, 0.29) is 5.54 Å². The van der Waals surface area contributed by atoms with Crippen LogP contribution in [0.4, 0.5) is 0 Å². The molecule has 4 nitrogen and oxygen atoms in total. The standard InChI is InChI=1S/C12H17N3O/c1-15-6-4-12(10-13,5-7-15)14-9-11-3-2-8-16-11/h2-3,8,14H,4-7,9H2,1H3. The molecule has 0 atom stereocenters. The van der Waals surface area contributed by atoms with Gasteiger partial charge in [-0.3, -0.25) is 5.32 Å². The lowest BCUT2D eigenvalue weighted by Gasteiger charge is -2.35. The van der Waals surface area contributed by atoms with E-state index in [1.54, 1.807) is 6.26 Å². The van der Waals surface area contributed by atoms with Crippen LogP contribution in [0.25, 0.3) is 0 Å². The molecule has 1 saturated heterocycles. The van der Waals surface area contributed by atoms with E-state index < -0.39 is 0 Å². The lowest BCUT2D eigenvalue weighted by Crippen LogP contribution is -2.51. The molecule has 1 N–H and O–H groups in total. The Balaban J connectivity index is 1.93. The van der Waals surface area contributed by atoms with Crippen molar-refractivity contribution < 1.29 is 4.42 Å². The predicted octanol–water partition coefficient (Wildman–Crippen LogP) is 1.36. The fourth-order valence-corrected chi connectivity index (χ4v) is 2.00. The minimum Gasteiger partial charge on any atom is -0.468 e. The molecular formula is C12H17N3O. The Bertz CT molecular complexity index is 358. The van der Waals surface area contributed by atoms with Gasteiger partial charge in [0.2, 0.25) is 0 Å². The van der Waals surface area contributed by atoms with Crippen molar-refractivity contribution in [2.24, 2.45) is 0 Å². The zero-order valence-electron chi connectivity index (χ0n) is 9.57. The third-order valence-corrected chi connectivity index (χ3v) is 3.24. The van der Waals surface area contributed by atoms with E-state index in [4.69, 9.17) is 4.42 Å². The summed E-state index contributed by atoms with van der Waals surface area (Å²) < 4.78 is 5.25. The third kappa shape index (κ3) is 2.43. The largest absolute Gasteiger partial charge is 0.468 e. The Hall–Kier alpha value is -1.31. The molecule has 0 unspecified atom stereocenters. The molecular weight excluding hydrogens is 202 g/mol. The molecule has 1 aliphatic heterocycles. The lowest BCUT2D eigenvalue weighted by atomic mass is 9.89. The Kier molecular flexibility index (Phi) is 3.28. The molecule has 2 rings (SSSR count). The van der Waals surface area contributed by atoms with Crippen LogP contribution < -0.4 is 5.32 Å². The Morgan fingerprint density at radius 3 is 2.88 bits per heavy atom. The number of nitrogens with zero attached hydrogens (tertiary/aromatic N) is 2. The van der Waals surface area contributed by atoms with E-state index in [1.807, 2.05) is 12.1 Å². The van der Waals surface area contributed by atoms with Crippen LogP contribution in [0.15, 0.2) is 22.8 Å². The first-order valence-electron chi connectivity index (χ1n) is 5.61. The highest BCUT2D eigenvalue weighted by Gasteiger charge is 2.33. The minimum atomic E-state index is -0.376. The van der Waals surface area contributed by atoms with Gasteiger partial charge in [0.05, 0.1) is 18.9 Å². The summed E-state index contributed by atoms with van der Waals surface area (Å²) in [5.41, 5.74) is -0.376. The summed E-state index contributed by atoms with van der Waals surface area (Å²) in [6, 6.07) is 6.21. The van der Waals surface area contributed by atoms with E-state index in [9.17, 15) is 5.26 Å². The molecule has 1 aromatic rings. The van der Waals surface area contributed by atoms with Crippen LogP contribution in [0.1, 0.15) is 18.6 Å². The highest BCUT2D eigenvalue weighted by Crippen LogP contribution is 2.21. The number of piperidine rings is 1. The van der Waals surface area contributed by atoms with Crippen LogP contribution in [-0.4, -0.2) is 30.6 Å². The van der Waals surface area contributed by atoms with E-state index in [1.165, 1.54) is 0 Å². The van der Waals surface area contributed by atoms with Crippen LogP contribution in [0, 0.1) is 11.3 Å². The third-order valence-electron chi connectivity index (χ3n) is 3.24. The van der Waals surface area contributed by atoms with Gasteiger partial charge in [-0.15, -0.1) is 0 Å². The summed E-state index contributed by atoms with van der Waals surface area (Å²) in [5, 5.41) is 12.6. The van der Waals surface area contributed by atoms with Crippen molar-refractivity contribution in [2.45, 2.75) is 24.9 Å². The van der Waals surface area contributed by atoms with E-state index in [0.29, 0.717) is 6.54 Å². The van der Waals surface area contributed by atoms with Crippen LogP contribution in [-0.2, 0) is 6.54 Å². The maximum Gasteiger partial charge on any atom is 0.117 e. The second kappa shape index (κ2) is 4.69. The zero-order chi connectivity index (χ0) is 11.4. The summed E-state index contributed by atoms with van der Waals surface area (Å²) in [5.74, 6) is 0.883. The monoisotopic (exact) mass is 219 g/mol. The Morgan fingerprint density at radius 1 is 1.56 bits per heavy atom. The first-order chi connectivity index (χ1) is 7.74. The van der Waals surface area contributed by atoms with E-state index >= 15 is 0 Å². The first-order valence-corrected chi connectivity index (χ1v) is 5.61. The SMILES string of the molecule is CN1CCC(C#N)(NCc2ccco2)CC1. The molecule has 4 heteroatoms. The van der Waals surface area contributed by atoms with Crippen molar-refractivity contribution in [1.29, 1.82) is 5.26 Å². The van der Waals surface area contributed by atoms with Gasteiger partial charge in [0, 0.05) is 13.1 Å². The molecule has 0 saturated carbocycles. The van der Waals surface area contributed by atoms with Crippen molar-refractivity contribution in [2.75, 3.05) is 20.1 Å². The molecule has 0 amide bonds. The number of hydrogen-bond acceptors (Lipinski definition) is 4. The smallest absolute Gasteiger partial charge is 0.117 e. The fourth-order valence-electron chi connectivity index (χ4n) is 2.00. The number of nitrogens with one attached hydrogen (secondary N) is 1. The lowest BCUT2D eigenvalue weighted by molar-refractivity contribution is 0.192. The summed E-state index contributed by atoms with van der Waals surface area (Å²) in [6.07, 6.45) is 3.41. The van der Waals surface area contributed by atoms with E-state index in [0.717, 1.165) is 31.7 Å². The first kappa shape index (κ1) is 11.2. The fraction of sp³-hybridized carbons (Fsp3) is 0.583. The molecule has 1 fully saturated rings. The van der Waals surface area contributed by atoms with Gasteiger partial charge >= 0.3 is 0 Å². The highest BCUT2D eigenvalue weighted by molar-refractivity contribution is 5.11. The van der Waals surface area contributed by atoms with Gasteiger partial charge in [0.1, 0.15) is 11.3 Å². The molecule has 1 aromatic heterocycles. The van der Waals surface area contributed by atoms with Gasteiger partial charge in [-0.1, -0.05) is 0 Å². The second-order valence-electron chi connectivity index (χ2n) is 4.43. The molecule has 86 valence electrons. The van der Waals surface area contributed by atoms with Gasteiger partial charge in [-0.25, -0.2) is 0 Å². The number of rotatable bonds is 3. The zero-order valence-corrected chi connectivity index (χ0v) is 9.57. The van der Waals surface area contributed by atoms with Crippen molar-refractivity contribution >= 4 is 0 Å². The van der Waals surface area contributed by atoms with Crippen molar-refractivity contribution in [3.05, 3.63) is 24.2 Å². The van der Waals surface area contributed by atoms with Gasteiger partial charge in [-0.05, 0) is 32.0 Å². The molecule has 0 spiro atoms. The van der Waals surface area contributed by atoms with Crippen molar-refractivity contribution in [1.82, 2.24) is 10.2 Å². The minimum absolute atomic E-state index is 0.376. The molecule has 0 radical (unpaired) electrons. The Morgan fingerprint density at radius 2 is 2.31 bits per heavy atom. The van der Waals surface area contributed by atoms with Gasteiger partial charge < -0.3 is 9.32 Å². The summed E-state index contributed by atoms with van der Waals surface area (Å²) in [4.78, 5) is 2.25. The van der Waals surface area contributed by atoms with Gasteiger partial charge in [-0.2, -0.15) is 5.26 Å². The molecule has 1 aliphatic rings. The number of likely N-dealkylation sites (tertiary alicyclic amines) is 1. The molecule has 2 heterocycles. The van der Waals surface area contributed by atoms with Crippen molar-refractivity contribution in [3.63, 3.8) is 0 Å². The maximum absolute atomic E-state index is 9.29. The number of furan rings is 1. The normalized spacial score (nSPS) is 20.5. The van der Waals surface area contributed by atoms with Gasteiger partial charge in [0.25, 0.3) is 0 Å². The van der Waals surface area contributed by atoms with Crippen molar-refractivity contribution in [3.8, 4) is 6.07 Å². The summed E-state index contributed by atoms with van der Waals surface area (Å²) >= 11 is 0.